The summed E-state index contributed by atoms with van der Waals surface area (Å²) in [7, 11) is -4.54. The van der Waals surface area contributed by atoms with Gasteiger partial charge in [-0.05, 0) is 69.5 Å². The van der Waals surface area contributed by atoms with Crippen molar-refractivity contribution in [2.24, 2.45) is 0 Å². The second-order valence-corrected chi connectivity index (χ2v) is 13.4. The minimum atomic E-state index is -4.87. The number of aryl methyl sites for hydroxylation is 2. The lowest BCUT2D eigenvalue weighted by Gasteiger charge is -2.32. The Morgan fingerprint density at radius 1 is 0.955 bits per heavy atom. The van der Waals surface area contributed by atoms with E-state index in [9.17, 15) is 31.2 Å². The van der Waals surface area contributed by atoms with Gasteiger partial charge in [-0.25, -0.2) is 8.42 Å². The third-order valence-corrected chi connectivity index (χ3v) is 9.89. The SMILES string of the molecule is Cc1ccc(CN(C(=O)CN(c2ccc(Cl)c(C(F)(F)F)c2)S(=O)(=O)c2ccc(C)cc2)[C@H](C)C(=O)NC2CCCC2)cc1. The molecule has 7 nitrogen and oxygen atoms in total. The standard InChI is InChI=1S/C32H35ClF3N3O4S/c1-21-8-12-24(13-9-21)19-38(23(3)31(41)37-25-6-4-5-7-25)30(40)20-39(44(42,43)27-15-10-22(2)11-16-27)26-14-17-29(33)28(18-26)32(34,35)36/h8-18,23,25H,4-7,19-20H2,1-3H3,(H,37,41)/t23-/m1/s1. The summed E-state index contributed by atoms with van der Waals surface area (Å²) in [6.45, 7) is 4.33. The van der Waals surface area contributed by atoms with Crippen molar-refractivity contribution in [1.29, 1.82) is 0 Å². The third kappa shape index (κ3) is 7.92. The lowest BCUT2D eigenvalue weighted by Crippen LogP contribution is -2.52. The van der Waals surface area contributed by atoms with Crippen LogP contribution in [0.2, 0.25) is 5.02 Å². The van der Waals surface area contributed by atoms with Gasteiger partial charge in [-0.15, -0.1) is 0 Å². The van der Waals surface area contributed by atoms with E-state index in [4.69, 9.17) is 11.6 Å². The van der Waals surface area contributed by atoms with Crippen molar-refractivity contribution in [1.82, 2.24) is 10.2 Å². The number of carbonyl (C=O) groups is 2. The summed E-state index contributed by atoms with van der Waals surface area (Å²) in [6.07, 6.45) is -1.26. The van der Waals surface area contributed by atoms with Gasteiger partial charge in [0.1, 0.15) is 12.6 Å². The molecule has 1 fully saturated rings. The largest absolute Gasteiger partial charge is 0.417 e. The Kier molecular flexibility index (Phi) is 10.3. The Morgan fingerprint density at radius 2 is 1.52 bits per heavy atom. The fourth-order valence-electron chi connectivity index (χ4n) is 5.12. The third-order valence-electron chi connectivity index (χ3n) is 7.77. The molecule has 0 aliphatic heterocycles. The van der Waals surface area contributed by atoms with Crippen molar-refractivity contribution in [3.63, 3.8) is 0 Å². The Morgan fingerprint density at radius 3 is 2.09 bits per heavy atom. The average molecular weight is 650 g/mol. The second-order valence-electron chi connectivity index (χ2n) is 11.2. The zero-order valence-corrected chi connectivity index (χ0v) is 26.3. The van der Waals surface area contributed by atoms with Crippen molar-refractivity contribution in [2.45, 2.75) is 76.2 Å². The van der Waals surface area contributed by atoms with Crippen LogP contribution < -0.4 is 9.62 Å². The summed E-state index contributed by atoms with van der Waals surface area (Å²) < 4.78 is 69.9. The van der Waals surface area contributed by atoms with E-state index in [1.165, 1.54) is 17.0 Å². The van der Waals surface area contributed by atoms with Crippen molar-refractivity contribution in [3.8, 4) is 0 Å². The van der Waals surface area contributed by atoms with Crippen molar-refractivity contribution in [2.75, 3.05) is 10.8 Å². The molecule has 0 unspecified atom stereocenters. The molecule has 0 bridgehead atoms. The Labute approximate surface area is 261 Å². The molecule has 1 aliphatic rings. The van der Waals surface area contributed by atoms with Gasteiger partial charge in [0.2, 0.25) is 11.8 Å². The van der Waals surface area contributed by atoms with Crippen LogP contribution in [-0.2, 0) is 32.3 Å². The van der Waals surface area contributed by atoms with Crippen LogP contribution in [0.25, 0.3) is 0 Å². The Bertz CT molecular complexity index is 1590. The quantitative estimate of drug-likeness (QED) is 0.267. The first-order valence-corrected chi connectivity index (χ1v) is 16.1. The number of rotatable bonds is 10. The number of alkyl halides is 3. The van der Waals surface area contributed by atoms with Crippen molar-refractivity contribution < 1.29 is 31.2 Å². The predicted octanol–water partition coefficient (Wildman–Crippen LogP) is 6.65. The van der Waals surface area contributed by atoms with Gasteiger partial charge in [0.25, 0.3) is 10.0 Å². The molecule has 0 radical (unpaired) electrons. The molecule has 236 valence electrons. The summed E-state index contributed by atoms with van der Waals surface area (Å²) in [6, 6.07) is 14.7. The van der Waals surface area contributed by atoms with E-state index in [0.29, 0.717) is 15.9 Å². The molecule has 0 heterocycles. The lowest BCUT2D eigenvalue weighted by atomic mass is 10.1. The summed E-state index contributed by atoms with van der Waals surface area (Å²) >= 11 is 5.83. The number of nitrogens with one attached hydrogen (secondary N) is 1. The summed E-state index contributed by atoms with van der Waals surface area (Å²) in [5.74, 6) is -1.16. The highest BCUT2D eigenvalue weighted by Gasteiger charge is 2.37. The lowest BCUT2D eigenvalue weighted by molar-refractivity contribution is -0.139. The van der Waals surface area contributed by atoms with Crippen LogP contribution in [0.4, 0.5) is 18.9 Å². The first-order chi connectivity index (χ1) is 20.7. The molecule has 1 aliphatic carbocycles. The van der Waals surface area contributed by atoms with E-state index in [1.807, 2.05) is 19.1 Å². The minimum absolute atomic E-state index is 0.0189. The van der Waals surface area contributed by atoms with Gasteiger partial charge in [-0.2, -0.15) is 13.2 Å². The van der Waals surface area contributed by atoms with Gasteiger partial charge in [-0.1, -0.05) is 72.0 Å². The predicted molar refractivity (Wildman–Crippen MR) is 164 cm³/mol. The number of sulfonamides is 1. The van der Waals surface area contributed by atoms with Crippen LogP contribution in [0.3, 0.4) is 0 Å². The Hall–Kier alpha value is -3.57. The van der Waals surface area contributed by atoms with Crippen LogP contribution in [0, 0.1) is 13.8 Å². The number of amides is 2. The average Bonchev–Trinajstić information content (AvgIpc) is 3.48. The van der Waals surface area contributed by atoms with E-state index < -0.39 is 56.9 Å². The molecule has 3 aromatic rings. The smallest absolute Gasteiger partial charge is 0.352 e. The number of halogens is 4. The van der Waals surface area contributed by atoms with Crippen LogP contribution in [0.5, 0.6) is 0 Å². The van der Waals surface area contributed by atoms with E-state index in [2.05, 4.69) is 5.32 Å². The summed E-state index contributed by atoms with van der Waals surface area (Å²) in [5, 5.41) is 2.37. The van der Waals surface area contributed by atoms with Gasteiger partial charge in [0.05, 0.1) is 21.2 Å². The summed E-state index contributed by atoms with van der Waals surface area (Å²) in [4.78, 5) is 28.4. The molecular formula is C32H35ClF3N3O4S. The topological polar surface area (TPSA) is 86.8 Å². The zero-order valence-electron chi connectivity index (χ0n) is 24.7. The maximum atomic E-state index is 14.1. The molecule has 2 amide bonds. The number of hydrogen-bond donors (Lipinski definition) is 1. The van der Waals surface area contributed by atoms with Crippen LogP contribution in [0.1, 0.15) is 54.9 Å². The molecule has 0 spiro atoms. The highest BCUT2D eigenvalue weighted by Crippen LogP contribution is 2.38. The second kappa shape index (κ2) is 13.6. The van der Waals surface area contributed by atoms with E-state index in [1.54, 1.807) is 38.1 Å². The molecule has 3 aromatic carbocycles. The van der Waals surface area contributed by atoms with Gasteiger partial charge in [0.15, 0.2) is 0 Å². The zero-order chi connectivity index (χ0) is 32.2. The molecule has 12 heteroatoms. The normalized spacial score (nSPS) is 14.7. The maximum absolute atomic E-state index is 14.1. The number of benzene rings is 3. The first kappa shape index (κ1) is 33.3. The molecule has 4 rings (SSSR count). The molecule has 1 atom stereocenters. The van der Waals surface area contributed by atoms with Crippen molar-refractivity contribution in [3.05, 3.63) is 94.0 Å². The molecule has 1 saturated carbocycles. The summed E-state index contributed by atoms with van der Waals surface area (Å²) in [5.41, 5.74) is 0.812. The van der Waals surface area contributed by atoms with Crippen LogP contribution in [-0.4, -0.2) is 43.8 Å². The number of anilines is 1. The minimum Gasteiger partial charge on any atom is -0.352 e. The monoisotopic (exact) mass is 649 g/mol. The van der Waals surface area contributed by atoms with Gasteiger partial charge < -0.3 is 10.2 Å². The first-order valence-electron chi connectivity index (χ1n) is 14.3. The Balaban J connectivity index is 1.75. The van der Waals surface area contributed by atoms with Gasteiger partial charge in [0, 0.05) is 12.6 Å². The van der Waals surface area contributed by atoms with Crippen LogP contribution in [0.15, 0.2) is 71.6 Å². The van der Waals surface area contributed by atoms with E-state index in [-0.39, 0.29) is 17.5 Å². The highest BCUT2D eigenvalue weighted by molar-refractivity contribution is 7.92. The van der Waals surface area contributed by atoms with Gasteiger partial charge >= 0.3 is 6.18 Å². The molecule has 0 saturated heterocycles. The maximum Gasteiger partial charge on any atom is 0.417 e. The molecular weight excluding hydrogens is 615 g/mol. The van der Waals surface area contributed by atoms with Crippen molar-refractivity contribution >= 4 is 39.1 Å². The highest BCUT2D eigenvalue weighted by atomic mass is 35.5. The molecule has 1 N–H and O–H groups in total. The van der Waals surface area contributed by atoms with E-state index >= 15 is 0 Å². The number of carbonyl (C=O) groups excluding carboxylic acids is 2. The van der Waals surface area contributed by atoms with Crippen LogP contribution >= 0.6 is 11.6 Å². The molecule has 44 heavy (non-hydrogen) atoms. The number of hydrogen-bond acceptors (Lipinski definition) is 4. The fraction of sp³-hybridized carbons (Fsp3) is 0.375. The molecule has 0 aromatic heterocycles. The van der Waals surface area contributed by atoms with E-state index in [0.717, 1.165) is 48.9 Å². The number of nitrogens with zero attached hydrogens (tertiary/aromatic N) is 2. The fourth-order valence-corrected chi connectivity index (χ4v) is 6.75. The van der Waals surface area contributed by atoms with Gasteiger partial charge in [-0.3, -0.25) is 13.9 Å².